The zero-order valence-corrected chi connectivity index (χ0v) is 29.8. The molecule has 0 bridgehead atoms. The molecule has 0 N–H and O–H groups in total. The predicted molar refractivity (Wildman–Crippen MR) is 230 cm³/mol. The van der Waals surface area contributed by atoms with E-state index in [2.05, 4.69) is 174 Å². The van der Waals surface area contributed by atoms with Crippen LogP contribution in [0.2, 0.25) is 0 Å². The Kier molecular flexibility index (Phi) is 6.21. The topological polar surface area (TPSA) is 30.7 Å². The summed E-state index contributed by atoms with van der Waals surface area (Å²) in [4.78, 5) is 10.9. The van der Waals surface area contributed by atoms with Gasteiger partial charge in [-0.3, -0.25) is 0 Å². The molecule has 12 rings (SSSR count). The third-order valence-electron chi connectivity index (χ3n) is 11.1. The minimum Gasteiger partial charge on any atom is -0.308 e. The first-order chi connectivity index (χ1) is 26.8. The highest BCUT2D eigenvalue weighted by molar-refractivity contribution is 7.27. The van der Waals surface area contributed by atoms with Gasteiger partial charge in [0.15, 0.2) is 0 Å². The summed E-state index contributed by atoms with van der Waals surface area (Å²) in [6.07, 6.45) is 0. The molecule has 12 aromatic rings. The van der Waals surface area contributed by atoms with Crippen molar-refractivity contribution in [3.05, 3.63) is 176 Å². The first-order valence-electron chi connectivity index (χ1n) is 18.3. The molecule has 9 aromatic carbocycles. The van der Waals surface area contributed by atoms with E-state index in [9.17, 15) is 0 Å². The number of benzene rings is 9. The highest BCUT2D eigenvalue weighted by Gasteiger charge is 2.22. The van der Waals surface area contributed by atoms with Gasteiger partial charge in [-0.1, -0.05) is 146 Å². The highest BCUT2D eigenvalue weighted by atomic mass is 32.1. The van der Waals surface area contributed by atoms with Gasteiger partial charge in [0.2, 0.25) is 0 Å². The molecule has 0 atom stereocenters. The van der Waals surface area contributed by atoms with Gasteiger partial charge in [0.05, 0.1) is 38.2 Å². The maximum absolute atomic E-state index is 5.52. The van der Waals surface area contributed by atoms with Crippen LogP contribution in [0.15, 0.2) is 176 Å². The Balaban J connectivity index is 1.22. The second kappa shape index (κ2) is 11.3. The monoisotopic (exact) mass is 703 g/mol. The molecule has 3 heterocycles. The molecule has 0 spiro atoms. The van der Waals surface area contributed by atoms with Crippen LogP contribution in [0.1, 0.15) is 0 Å². The number of aromatic nitrogens is 3. The summed E-state index contributed by atoms with van der Waals surface area (Å²) in [6, 6.07) is 63.3. The van der Waals surface area contributed by atoms with Crippen molar-refractivity contribution in [1.82, 2.24) is 14.5 Å². The number of fused-ring (bicyclic) bond motifs is 15. The van der Waals surface area contributed by atoms with Gasteiger partial charge in [0.25, 0.3) is 0 Å². The van der Waals surface area contributed by atoms with E-state index < -0.39 is 0 Å². The quantitative estimate of drug-likeness (QED) is 0.172. The lowest BCUT2D eigenvalue weighted by atomic mass is 9.98. The number of para-hydroxylation sites is 1. The van der Waals surface area contributed by atoms with Gasteiger partial charge in [-0.25, -0.2) is 9.97 Å². The normalized spacial score (nSPS) is 12.1. The van der Waals surface area contributed by atoms with Crippen LogP contribution in [0.4, 0.5) is 0 Å². The number of hydrogen-bond acceptors (Lipinski definition) is 3. The van der Waals surface area contributed by atoms with Crippen molar-refractivity contribution in [2.45, 2.75) is 0 Å². The van der Waals surface area contributed by atoms with Crippen molar-refractivity contribution in [2.24, 2.45) is 0 Å². The summed E-state index contributed by atoms with van der Waals surface area (Å²) in [7, 11) is 0. The Morgan fingerprint density at radius 1 is 0.426 bits per heavy atom. The molecular weight excluding hydrogens is 675 g/mol. The first-order valence-corrected chi connectivity index (χ1v) is 19.2. The zero-order valence-electron chi connectivity index (χ0n) is 29.0. The standard InChI is InChI=1S/C50H29N3S/c1-3-13-32(14-4-1)46-47(33-15-5-2-6-16-33)52-48-40(51-46)28-26-31-24-23-30-25-27-34(29-39(30)43(31)48)53-41-21-11-9-19-37(41)44-35-17-7-8-18-36(35)45-38-20-10-12-22-42(38)54-50(45)49(44)53/h1-29H. The van der Waals surface area contributed by atoms with Crippen LogP contribution in [-0.4, -0.2) is 14.5 Å². The molecular formula is C50H29N3S. The third kappa shape index (κ3) is 4.17. The molecule has 0 aliphatic carbocycles. The number of rotatable bonds is 3. The second-order valence-electron chi connectivity index (χ2n) is 14.1. The van der Waals surface area contributed by atoms with Crippen LogP contribution in [0.25, 0.3) is 114 Å². The van der Waals surface area contributed by atoms with Crippen molar-refractivity contribution in [2.75, 3.05) is 0 Å². The van der Waals surface area contributed by atoms with Gasteiger partial charge in [-0.2, -0.15) is 0 Å². The maximum atomic E-state index is 5.52. The van der Waals surface area contributed by atoms with E-state index in [0.717, 1.165) is 55.4 Å². The van der Waals surface area contributed by atoms with Crippen molar-refractivity contribution >= 4 is 96.7 Å². The summed E-state index contributed by atoms with van der Waals surface area (Å²) >= 11 is 1.90. The minimum atomic E-state index is 0.884. The van der Waals surface area contributed by atoms with Gasteiger partial charge in [-0.15, -0.1) is 11.3 Å². The Bertz CT molecular complexity index is 3490. The van der Waals surface area contributed by atoms with Crippen LogP contribution in [0.3, 0.4) is 0 Å². The van der Waals surface area contributed by atoms with Crippen LogP contribution in [0.5, 0.6) is 0 Å². The largest absolute Gasteiger partial charge is 0.308 e. The van der Waals surface area contributed by atoms with Crippen molar-refractivity contribution in [3.63, 3.8) is 0 Å². The lowest BCUT2D eigenvalue weighted by Gasteiger charge is -2.15. The van der Waals surface area contributed by atoms with Gasteiger partial charge >= 0.3 is 0 Å². The van der Waals surface area contributed by atoms with E-state index in [0.29, 0.717) is 0 Å². The summed E-state index contributed by atoms with van der Waals surface area (Å²) in [6.45, 7) is 0. The Hall–Kier alpha value is -6.88. The Morgan fingerprint density at radius 2 is 1.02 bits per heavy atom. The molecule has 0 amide bonds. The Labute approximate surface area is 314 Å². The van der Waals surface area contributed by atoms with E-state index in [-0.39, 0.29) is 0 Å². The molecule has 0 saturated heterocycles. The van der Waals surface area contributed by atoms with Crippen LogP contribution < -0.4 is 0 Å². The lowest BCUT2D eigenvalue weighted by molar-refractivity contribution is 1.19. The van der Waals surface area contributed by atoms with Crippen molar-refractivity contribution in [3.8, 4) is 28.2 Å². The summed E-state index contributed by atoms with van der Waals surface area (Å²) in [5.74, 6) is 0. The second-order valence-corrected chi connectivity index (χ2v) is 15.1. The van der Waals surface area contributed by atoms with E-state index in [1.165, 1.54) is 58.1 Å². The molecule has 250 valence electrons. The van der Waals surface area contributed by atoms with Gasteiger partial charge in [0, 0.05) is 48.4 Å². The van der Waals surface area contributed by atoms with E-state index >= 15 is 0 Å². The van der Waals surface area contributed by atoms with Crippen molar-refractivity contribution < 1.29 is 0 Å². The number of thiophene rings is 1. The molecule has 3 nitrogen and oxygen atoms in total. The minimum absolute atomic E-state index is 0.884. The maximum Gasteiger partial charge on any atom is 0.0979 e. The van der Waals surface area contributed by atoms with Crippen LogP contribution >= 0.6 is 11.3 Å². The molecule has 0 aliphatic heterocycles. The zero-order chi connectivity index (χ0) is 35.3. The summed E-state index contributed by atoms with van der Waals surface area (Å²) in [5.41, 5.74) is 9.26. The molecule has 0 fully saturated rings. The Morgan fingerprint density at radius 3 is 1.80 bits per heavy atom. The van der Waals surface area contributed by atoms with Crippen LogP contribution in [-0.2, 0) is 0 Å². The molecule has 0 saturated carbocycles. The highest BCUT2D eigenvalue weighted by Crippen LogP contribution is 2.48. The molecule has 54 heavy (non-hydrogen) atoms. The fourth-order valence-electron chi connectivity index (χ4n) is 8.77. The molecule has 0 radical (unpaired) electrons. The number of nitrogens with zero attached hydrogens (tertiary/aromatic N) is 3. The molecule has 4 heteroatoms. The lowest BCUT2D eigenvalue weighted by Crippen LogP contribution is -1.97. The summed E-state index contributed by atoms with van der Waals surface area (Å²) < 4.78 is 5.13. The first kappa shape index (κ1) is 29.7. The van der Waals surface area contributed by atoms with Gasteiger partial charge in [-0.05, 0) is 57.3 Å². The van der Waals surface area contributed by atoms with E-state index in [1.807, 2.05) is 17.4 Å². The third-order valence-corrected chi connectivity index (χ3v) is 12.3. The van der Waals surface area contributed by atoms with Gasteiger partial charge < -0.3 is 4.57 Å². The SMILES string of the molecule is c1ccc(-c2nc3ccc4ccc5ccc(-n6c7ccccc7c7c8ccccc8c8c9ccccc9sc8c76)cc5c4c3nc2-c2ccccc2)cc1. The van der Waals surface area contributed by atoms with E-state index in [1.54, 1.807) is 0 Å². The number of hydrogen-bond donors (Lipinski definition) is 0. The summed E-state index contributed by atoms with van der Waals surface area (Å²) in [5, 5.41) is 12.4. The van der Waals surface area contributed by atoms with E-state index in [4.69, 9.17) is 9.97 Å². The molecule has 0 aliphatic rings. The van der Waals surface area contributed by atoms with Crippen LogP contribution in [0, 0.1) is 0 Å². The average molecular weight is 704 g/mol. The fraction of sp³-hybridized carbons (Fsp3) is 0. The predicted octanol–water partition coefficient (Wildman–Crippen LogP) is 13.9. The smallest absolute Gasteiger partial charge is 0.0979 e. The van der Waals surface area contributed by atoms with Gasteiger partial charge in [0.1, 0.15) is 0 Å². The molecule has 3 aromatic heterocycles. The van der Waals surface area contributed by atoms with Crippen molar-refractivity contribution in [1.29, 1.82) is 0 Å². The molecule has 0 unspecified atom stereocenters. The average Bonchev–Trinajstić information content (AvgIpc) is 3.81. The fourth-order valence-corrected chi connectivity index (χ4v) is 10.0.